The maximum atomic E-state index is 11.1. The van der Waals surface area contributed by atoms with Crippen LogP contribution in [0, 0.1) is 0 Å². The predicted octanol–water partition coefficient (Wildman–Crippen LogP) is 2.96. The van der Waals surface area contributed by atoms with E-state index in [2.05, 4.69) is 9.47 Å². The van der Waals surface area contributed by atoms with Crippen LogP contribution in [-0.2, 0) is 19.1 Å². The lowest BCUT2D eigenvalue weighted by atomic mass is 10.0. The van der Waals surface area contributed by atoms with Gasteiger partial charge in [0.25, 0.3) is 0 Å². The number of halogens is 1. The summed E-state index contributed by atoms with van der Waals surface area (Å²) in [7, 11) is 8.89. The lowest BCUT2D eigenvalue weighted by Gasteiger charge is -2.13. The Morgan fingerprint density at radius 2 is 0.943 bits per heavy atom. The molecule has 0 fully saturated rings. The smallest absolute Gasteiger partial charge is 0.307 e. The summed E-state index contributed by atoms with van der Waals surface area (Å²) in [4.78, 5) is 22.2. The van der Waals surface area contributed by atoms with Crippen LogP contribution in [0.15, 0.2) is 36.4 Å². The number of rotatable bonds is 10. The van der Waals surface area contributed by atoms with E-state index >= 15 is 0 Å². The fourth-order valence-electron chi connectivity index (χ4n) is 2.93. The number of methoxy groups -OCH3 is 6. The third kappa shape index (κ3) is 9.89. The van der Waals surface area contributed by atoms with Crippen molar-refractivity contribution < 1.29 is 38.0 Å². The average molecular weight is 515 g/mol. The molecule has 196 valence electrons. The Morgan fingerprint density at radius 1 is 0.629 bits per heavy atom. The third-order valence-electron chi connectivity index (χ3n) is 4.90. The van der Waals surface area contributed by atoms with Gasteiger partial charge in [0.05, 0.1) is 55.5 Å². The van der Waals surface area contributed by atoms with Gasteiger partial charge in [-0.3, -0.25) is 9.59 Å². The van der Waals surface area contributed by atoms with Crippen molar-refractivity contribution in [2.75, 3.05) is 42.7 Å². The third-order valence-corrected chi connectivity index (χ3v) is 4.90. The summed E-state index contributed by atoms with van der Waals surface area (Å²) >= 11 is 0. The fourth-order valence-corrected chi connectivity index (χ4v) is 2.93. The molecular formula is C24H35ClN2O8. The van der Waals surface area contributed by atoms with Crippen LogP contribution in [0.3, 0.4) is 0 Å². The average Bonchev–Trinajstić information content (AvgIpc) is 2.87. The van der Waals surface area contributed by atoms with Gasteiger partial charge in [0, 0.05) is 12.1 Å². The summed E-state index contributed by atoms with van der Waals surface area (Å²) in [6.07, 6.45) is 0.262. The number of nitrogens with two attached hydrogens (primary N) is 2. The van der Waals surface area contributed by atoms with Gasteiger partial charge in [-0.05, 0) is 35.4 Å². The van der Waals surface area contributed by atoms with E-state index in [0.717, 1.165) is 11.1 Å². The molecule has 0 bridgehead atoms. The number of esters is 2. The second kappa shape index (κ2) is 16.4. The molecule has 0 saturated heterocycles. The summed E-state index contributed by atoms with van der Waals surface area (Å²) in [6.45, 7) is 0. The van der Waals surface area contributed by atoms with Crippen LogP contribution < -0.4 is 30.4 Å². The maximum Gasteiger partial charge on any atom is 0.307 e. The number of carbonyl (C=O) groups is 2. The van der Waals surface area contributed by atoms with Crippen LogP contribution in [0.4, 0.5) is 0 Å². The highest BCUT2D eigenvalue weighted by Gasteiger charge is 2.15. The minimum absolute atomic E-state index is 0. The SMILES string of the molecule is COC(=O)CC(N)c1ccc(OC)c(OC)c1.COC(=O)CC(N)c1ccc(OC)c(OC)c1.Cl. The van der Waals surface area contributed by atoms with Gasteiger partial charge in [-0.15, -0.1) is 12.4 Å². The fraction of sp³-hybridized carbons (Fsp3) is 0.417. The largest absolute Gasteiger partial charge is 0.493 e. The minimum atomic E-state index is -0.415. The molecule has 0 heterocycles. The number of carbonyl (C=O) groups excluding carboxylic acids is 2. The van der Waals surface area contributed by atoms with Crippen LogP contribution in [0.2, 0.25) is 0 Å². The van der Waals surface area contributed by atoms with Gasteiger partial charge in [-0.1, -0.05) is 12.1 Å². The standard InChI is InChI=1S/2C12H17NO4.ClH/c2*1-15-10-5-4-8(6-11(10)16-2)9(13)7-12(14)17-3;/h2*4-6,9H,7,13H2,1-3H3;1H. The van der Waals surface area contributed by atoms with Crippen LogP contribution in [0.1, 0.15) is 36.1 Å². The maximum absolute atomic E-state index is 11.1. The first-order valence-electron chi connectivity index (χ1n) is 10.3. The molecule has 11 heteroatoms. The molecule has 0 amide bonds. The number of hydrogen-bond acceptors (Lipinski definition) is 10. The summed E-state index contributed by atoms with van der Waals surface area (Å²) in [5, 5.41) is 0. The van der Waals surface area contributed by atoms with E-state index in [1.807, 2.05) is 0 Å². The van der Waals surface area contributed by atoms with Gasteiger partial charge in [0.15, 0.2) is 23.0 Å². The lowest BCUT2D eigenvalue weighted by molar-refractivity contribution is -0.141. The first kappa shape index (κ1) is 31.8. The molecule has 35 heavy (non-hydrogen) atoms. The van der Waals surface area contributed by atoms with Crippen molar-refractivity contribution in [1.29, 1.82) is 0 Å². The van der Waals surface area contributed by atoms with Gasteiger partial charge in [-0.25, -0.2) is 0 Å². The van der Waals surface area contributed by atoms with Gasteiger partial charge in [0.1, 0.15) is 0 Å². The second-order valence-corrected chi connectivity index (χ2v) is 7.00. The molecule has 4 N–H and O–H groups in total. The van der Waals surface area contributed by atoms with E-state index in [0.29, 0.717) is 23.0 Å². The summed E-state index contributed by atoms with van der Waals surface area (Å²) in [5.41, 5.74) is 13.4. The van der Waals surface area contributed by atoms with E-state index < -0.39 is 12.1 Å². The van der Waals surface area contributed by atoms with Gasteiger partial charge < -0.3 is 39.9 Å². The Labute approximate surface area is 212 Å². The molecule has 0 spiro atoms. The zero-order valence-corrected chi connectivity index (χ0v) is 21.7. The number of hydrogen-bond donors (Lipinski definition) is 2. The van der Waals surface area contributed by atoms with Crippen LogP contribution in [0.5, 0.6) is 23.0 Å². The van der Waals surface area contributed by atoms with Crippen LogP contribution in [0.25, 0.3) is 0 Å². The molecule has 0 aliphatic carbocycles. The minimum Gasteiger partial charge on any atom is -0.493 e. The topological polar surface area (TPSA) is 142 Å². The first-order chi connectivity index (χ1) is 16.2. The van der Waals surface area contributed by atoms with E-state index in [-0.39, 0.29) is 37.2 Å². The highest BCUT2D eigenvalue weighted by molar-refractivity contribution is 5.85. The number of benzene rings is 2. The van der Waals surface area contributed by atoms with E-state index in [1.165, 1.54) is 14.2 Å². The second-order valence-electron chi connectivity index (χ2n) is 7.00. The molecule has 2 atom stereocenters. The van der Waals surface area contributed by atoms with Crippen molar-refractivity contribution >= 4 is 24.3 Å². The Morgan fingerprint density at radius 3 is 1.20 bits per heavy atom. The van der Waals surface area contributed by atoms with Crippen LogP contribution in [-0.4, -0.2) is 54.6 Å². The molecule has 2 rings (SSSR count). The molecular weight excluding hydrogens is 480 g/mol. The van der Waals surface area contributed by atoms with E-state index in [4.69, 9.17) is 30.4 Å². The predicted molar refractivity (Wildman–Crippen MR) is 133 cm³/mol. The molecule has 0 aliphatic heterocycles. The molecule has 0 aromatic heterocycles. The van der Waals surface area contributed by atoms with Gasteiger partial charge in [0.2, 0.25) is 0 Å². The first-order valence-corrected chi connectivity index (χ1v) is 10.3. The molecule has 0 radical (unpaired) electrons. The van der Waals surface area contributed by atoms with E-state index in [9.17, 15) is 9.59 Å². The Balaban J connectivity index is 0.000000642. The summed E-state index contributed by atoms with van der Waals surface area (Å²) in [5.74, 6) is 1.75. The Bertz CT molecular complexity index is 866. The summed E-state index contributed by atoms with van der Waals surface area (Å²) in [6, 6.07) is 9.80. The summed E-state index contributed by atoms with van der Waals surface area (Å²) < 4.78 is 29.7. The molecule has 2 aromatic carbocycles. The molecule has 0 saturated carbocycles. The van der Waals surface area contributed by atoms with Crippen molar-refractivity contribution in [1.82, 2.24) is 0 Å². The van der Waals surface area contributed by atoms with Crippen LogP contribution >= 0.6 is 12.4 Å². The molecule has 0 aliphatic rings. The quantitative estimate of drug-likeness (QED) is 0.454. The van der Waals surface area contributed by atoms with Gasteiger partial charge in [-0.2, -0.15) is 0 Å². The number of ether oxygens (including phenoxy) is 6. The zero-order valence-electron chi connectivity index (χ0n) is 20.9. The van der Waals surface area contributed by atoms with Crippen molar-refractivity contribution in [3.8, 4) is 23.0 Å². The Kier molecular flexibility index (Phi) is 14.9. The van der Waals surface area contributed by atoms with E-state index in [1.54, 1.807) is 64.8 Å². The lowest BCUT2D eigenvalue weighted by Crippen LogP contribution is -2.16. The molecule has 2 aromatic rings. The van der Waals surface area contributed by atoms with Crippen molar-refractivity contribution in [2.45, 2.75) is 24.9 Å². The Hall–Kier alpha value is -3.21. The molecule has 2 unspecified atom stereocenters. The monoisotopic (exact) mass is 514 g/mol. The normalized spacial score (nSPS) is 11.4. The highest BCUT2D eigenvalue weighted by Crippen LogP contribution is 2.31. The van der Waals surface area contributed by atoms with Crippen molar-refractivity contribution in [3.63, 3.8) is 0 Å². The molecule has 10 nitrogen and oxygen atoms in total. The highest BCUT2D eigenvalue weighted by atomic mass is 35.5. The van der Waals surface area contributed by atoms with Gasteiger partial charge >= 0.3 is 11.9 Å². The van der Waals surface area contributed by atoms with Crippen molar-refractivity contribution in [2.24, 2.45) is 11.5 Å². The van der Waals surface area contributed by atoms with Crippen molar-refractivity contribution in [3.05, 3.63) is 47.5 Å². The zero-order chi connectivity index (χ0) is 25.7.